The molecule has 9 aromatic carbocycles. The largest absolute Gasteiger partial charge is 0.372 e. The van der Waals surface area contributed by atoms with E-state index >= 15 is 0 Å². The number of benzene rings is 9. The Bertz CT molecular complexity index is 4500. The second-order valence-corrected chi connectivity index (χ2v) is 38.3. The van der Waals surface area contributed by atoms with Crippen molar-refractivity contribution in [2.75, 3.05) is 110 Å². The van der Waals surface area contributed by atoms with Crippen LogP contribution in [0.5, 0.6) is 0 Å². The van der Waals surface area contributed by atoms with E-state index in [1.807, 2.05) is 25.5 Å². The molecule has 682 valence electrons. The van der Waals surface area contributed by atoms with E-state index in [4.69, 9.17) is 0 Å². The van der Waals surface area contributed by atoms with Crippen LogP contribution in [0.15, 0.2) is 248 Å². The summed E-state index contributed by atoms with van der Waals surface area (Å²) < 4.78 is 1.72. The maximum atomic E-state index is 4.43. The zero-order chi connectivity index (χ0) is 90.1. The topological polar surface area (TPSA) is 84.2 Å². The Morgan fingerprint density at radius 1 is 0.339 bits per heavy atom. The highest BCUT2D eigenvalue weighted by Gasteiger charge is 2.19. The minimum absolute atomic E-state index is 0. The number of pyridine rings is 1. The number of hydrogen-bond donors (Lipinski definition) is 1. The number of anilines is 5. The van der Waals surface area contributed by atoms with Gasteiger partial charge in [-0.1, -0.05) is 294 Å². The van der Waals surface area contributed by atoms with E-state index in [1.54, 1.807) is 4.68 Å². The molecule has 127 heavy (non-hydrogen) atoms. The SMILES string of the molecule is CC(C)Cc1cccc2ccccc12.CC(C)Cc1cccc2cccnc12.CC(C)c1ccc(C2=NCC=C2)cc1.CC(C)c1ccc(N2CCCCC2)cc1.CC(C)c1ccc(N2CCCCC2)cc1.CC(C)c1ccc(N2CCCCC2)cc1.CC(C)c1ccc(N2CCCCC2)cc1.CC(C)c1ccccc1N1CCNCC1.CC(C)c1cn(C)nn1.[CH3+]. The number of nitrogens with zero attached hydrogens (tertiary/aromatic N) is 10. The van der Waals surface area contributed by atoms with Crippen LogP contribution in [0, 0.1) is 19.3 Å². The predicted octanol–water partition coefficient (Wildman–Crippen LogP) is 29.5. The number of hydrogen-bond acceptors (Lipinski definition) is 10. The predicted molar refractivity (Wildman–Crippen MR) is 557 cm³/mol. The second-order valence-electron chi connectivity index (χ2n) is 38.3. The summed E-state index contributed by atoms with van der Waals surface area (Å²) in [6.07, 6.45) is 26.7. The molecule has 1 N–H and O–H groups in total. The van der Waals surface area contributed by atoms with Gasteiger partial charge in [-0.25, -0.2) is 0 Å². The Labute approximate surface area is 771 Å². The molecule has 0 unspecified atom stereocenters. The van der Waals surface area contributed by atoms with Crippen molar-refractivity contribution in [2.24, 2.45) is 23.9 Å². The fourth-order valence-electron chi connectivity index (χ4n) is 17.0. The van der Waals surface area contributed by atoms with Crippen molar-refractivity contribution in [2.45, 2.75) is 256 Å². The highest BCUT2D eigenvalue weighted by Crippen LogP contribution is 2.31. The van der Waals surface area contributed by atoms with Crippen molar-refractivity contribution in [3.63, 3.8) is 0 Å². The first kappa shape index (κ1) is 102. The number of aliphatic imine (C=N–C) groups is 1. The number of aromatic nitrogens is 4. The van der Waals surface area contributed by atoms with Gasteiger partial charge in [0.15, 0.2) is 0 Å². The third-order valence-electron chi connectivity index (χ3n) is 24.7. The van der Waals surface area contributed by atoms with Crippen molar-refractivity contribution < 1.29 is 0 Å². The second kappa shape index (κ2) is 55.0. The van der Waals surface area contributed by atoms with Crippen molar-refractivity contribution in [1.82, 2.24) is 25.3 Å². The van der Waals surface area contributed by atoms with Gasteiger partial charge < -0.3 is 29.8 Å². The van der Waals surface area contributed by atoms with Crippen LogP contribution in [0.2, 0.25) is 0 Å². The Morgan fingerprint density at radius 2 is 0.709 bits per heavy atom. The fourth-order valence-corrected chi connectivity index (χ4v) is 17.0. The van der Waals surface area contributed by atoms with Crippen LogP contribution in [0.25, 0.3) is 21.7 Å². The summed E-state index contributed by atoms with van der Waals surface area (Å²) in [5, 5.41) is 15.1. The molecular formula is C116H164N11+. The maximum absolute atomic E-state index is 4.43. The highest BCUT2D eigenvalue weighted by molar-refractivity contribution is 6.09. The van der Waals surface area contributed by atoms with Gasteiger partial charge in [-0.2, -0.15) is 0 Å². The number of piperidine rings is 4. The molecule has 0 aliphatic carbocycles. The number of piperazine rings is 1. The van der Waals surface area contributed by atoms with Crippen LogP contribution in [0.4, 0.5) is 28.4 Å². The van der Waals surface area contributed by atoms with Crippen LogP contribution in [0.1, 0.15) is 299 Å². The summed E-state index contributed by atoms with van der Waals surface area (Å²) in [5.41, 5.74) is 23.0. The number of aryl methyl sites for hydroxylation is 1. The first-order chi connectivity index (χ1) is 60.9. The first-order valence-corrected chi connectivity index (χ1v) is 48.8. The number of para-hydroxylation sites is 2. The van der Waals surface area contributed by atoms with E-state index < -0.39 is 0 Å². The average molecular weight is 1710 g/mol. The molecule has 17 rings (SSSR count). The molecule has 6 aliphatic heterocycles. The van der Waals surface area contributed by atoms with Crippen molar-refractivity contribution in [1.29, 1.82) is 0 Å². The molecule has 0 atom stereocenters. The number of nitrogens with one attached hydrogen (secondary N) is 1. The molecule has 8 heterocycles. The van der Waals surface area contributed by atoms with Crippen LogP contribution < -0.4 is 29.8 Å². The minimum Gasteiger partial charge on any atom is -0.372 e. The van der Waals surface area contributed by atoms with E-state index in [2.05, 4.69) is 399 Å². The Morgan fingerprint density at radius 3 is 1.08 bits per heavy atom. The van der Waals surface area contributed by atoms with E-state index in [9.17, 15) is 0 Å². The summed E-state index contributed by atoms with van der Waals surface area (Å²) in [7, 11) is 1.87. The van der Waals surface area contributed by atoms with Gasteiger partial charge in [0.25, 0.3) is 0 Å². The maximum Gasteiger partial charge on any atom is 0.0852 e. The van der Waals surface area contributed by atoms with Gasteiger partial charge in [-0.15, -0.1) is 5.10 Å². The van der Waals surface area contributed by atoms with E-state index in [1.165, 1.54) is 230 Å². The molecule has 0 spiro atoms. The molecule has 11 aromatic rings. The quantitative estimate of drug-likeness (QED) is 0.0896. The van der Waals surface area contributed by atoms with Crippen LogP contribution in [0.3, 0.4) is 0 Å². The lowest BCUT2D eigenvalue weighted by Gasteiger charge is -2.31. The normalized spacial score (nSPS) is 15.0. The average Bonchev–Trinajstić information content (AvgIpc) is 1.18. The Balaban J connectivity index is 0.000000177. The molecule has 0 amide bonds. The molecule has 0 saturated carbocycles. The lowest BCUT2D eigenvalue weighted by Crippen LogP contribution is -2.43. The third-order valence-corrected chi connectivity index (χ3v) is 24.7. The zero-order valence-electron chi connectivity index (χ0n) is 82.4. The van der Waals surface area contributed by atoms with Crippen molar-refractivity contribution in [3.05, 3.63) is 306 Å². The molecule has 0 bridgehead atoms. The molecule has 11 heteroatoms. The third kappa shape index (κ3) is 34.5. The van der Waals surface area contributed by atoms with Crippen molar-refractivity contribution in [3.8, 4) is 0 Å². The summed E-state index contributed by atoms with van der Waals surface area (Å²) in [6, 6.07) is 79.6. The van der Waals surface area contributed by atoms with Gasteiger partial charge in [0.2, 0.25) is 0 Å². The van der Waals surface area contributed by atoms with Crippen molar-refractivity contribution >= 4 is 55.8 Å². The van der Waals surface area contributed by atoms with E-state index in [0.717, 1.165) is 62.0 Å². The molecule has 11 nitrogen and oxygen atoms in total. The smallest absolute Gasteiger partial charge is 0.0852 e. The van der Waals surface area contributed by atoms with Gasteiger partial charge in [0.05, 0.1) is 23.5 Å². The molecule has 2 aromatic heterocycles. The summed E-state index contributed by atoms with van der Waals surface area (Å²) >= 11 is 0. The van der Waals surface area contributed by atoms with E-state index in [0.29, 0.717) is 47.3 Å². The van der Waals surface area contributed by atoms with Gasteiger partial charge in [0, 0.05) is 139 Å². The lowest BCUT2D eigenvalue weighted by atomic mass is 9.97. The van der Waals surface area contributed by atoms with Crippen LogP contribution >= 0.6 is 0 Å². The summed E-state index contributed by atoms with van der Waals surface area (Å²) in [5.74, 6) is 5.66. The first-order valence-electron chi connectivity index (χ1n) is 48.8. The Kier molecular flexibility index (Phi) is 44.4. The van der Waals surface area contributed by atoms with Gasteiger partial charge in [-0.3, -0.25) is 14.7 Å². The number of rotatable bonds is 17. The Hall–Kier alpha value is -9.97. The van der Waals surface area contributed by atoms with Gasteiger partial charge >= 0.3 is 0 Å². The monoisotopic (exact) mass is 1710 g/mol. The molecular weight excluding hydrogens is 1550 g/mol. The number of allylic oxidation sites excluding steroid dienone is 1. The standard InChI is InChI=1S/4C14H21N.C14H16.C13H20N2.2C13H15N.C6H11N3.CH3/c4*1-12(2)13-6-8-14(9-7-13)15-10-4-3-5-11-15;1-11(2)10-13-8-5-7-12-6-3-4-9-14(12)13;1-11(2)12-5-3-4-6-13(12)15-9-7-14-8-10-15;1-10(2)9-12-6-3-5-11-7-4-8-14-13(11)12;1-10(2)11-5-7-12(8-6-11)13-4-3-9-14-13;1-5(2)6-4-9(3)8-7-6;/h4*6-9,12H,3-5,10-11H2,1-2H3;3-9,11H,10H2,1-2H3;3-6,11,14H,7-10H2,1-2H3;2*3-8,10H,9H2,1-2H3;4-5H,1-3H3;1H3/q;;;;;;;;;+1. The summed E-state index contributed by atoms with van der Waals surface area (Å²) in [6.45, 7) is 55.3. The van der Waals surface area contributed by atoms with Crippen LogP contribution in [-0.2, 0) is 19.9 Å². The molecule has 5 fully saturated rings. The fraction of sp³-hybridized carbons (Fsp3) is 0.474. The van der Waals surface area contributed by atoms with E-state index in [-0.39, 0.29) is 7.43 Å². The number of fused-ring (bicyclic) bond motifs is 2. The molecule has 6 aliphatic rings. The van der Waals surface area contributed by atoms with Crippen LogP contribution in [-0.4, -0.2) is 111 Å². The minimum atomic E-state index is 0. The summed E-state index contributed by atoms with van der Waals surface area (Å²) in [4.78, 5) is 21.3. The molecule has 0 radical (unpaired) electrons. The zero-order valence-corrected chi connectivity index (χ0v) is 82.4. The van der Waals surface area contributed by atoms with Gasteiger partial charge in [-0.05, 0) is 271 Å². The highest BCUT2D eigenvalue weighted by atomic mass is 15.4. The van der Waals surface area contributed by atoms with Gasteiger partial charge in [0.1, 0.15) is 0 Å². The molecule has 5 saturated heterocycles. The lowest BCUT2D eigenvalue weighted by molar-refractivity contribution is 0.578.